The fourth-order valence-electron chi connectivity index (χ4n) is 2.93. The van der Waals surface area contributed by atoms with E-state index in [1.807, 2.05) is 31.2 Å². The molecule has 2 aromatic heterocycles. The monoisotopic (exact) mass is 331 g/mol. The van der Waals surface area contributed by atoms with Crippen LogP contribution in [0.4, 0.5) is 10.1 Å². The number of amides is 1. The van der Waals surface area contributed by atoms with Gasteiger partial charge in [-0.3, -0.25) is 14.8 Å². The number of anilines is 1. The minimum absolute atomic E-state index is 0.232. The number of aryl methyl sites for hydroxylation is 1. The molecule has 0 radical (unpaired) electrons. The van der Waals surface area contributed by atoms with E-state index >= 15 is 0 Å². The van der Waals surface area contributed by atoms with E-state index in [9.17, 15) is 9.18 Å². The summed E-state index contributed by atoms with van der Waals surface area (Å²) in [4.78, 5) is 21.4. The number of nitrogens with zero attached hydrogens (tertiary/aromatic N) is 2. The van der Waals surface area contributed by atoms with Crippen molar-refractivity contribution in [1.82, 2.24) is 9.97 Å². The van der Waals surface area contributed by atoms with Gasteiger partial charge in [-0.05, 0) is 31.2 Å². The Bertz CT molecular complexity index is 1120. The normalized spacial score (nSPS) is 11.0. The molecule has 1 N–H and O–H groups in total. The third-order valence-electron chi connectivity index (χ3n) is 4.06. The zero-order valence-electron chi connectivity index (χ0n) is 13.5. The van der Waals surface area contributed by atoms with Gasteiger partial charge in [-0.1, -0.05) is 30.3 Å². The SMILES string of the molecule is Cc1cc(C(=O)Nc2ccnc3c(F)cccc23)c2ccccc2n1. The number of carbonyl (C=O) groups is 1. The largest absolute Gasteiger partial charge is 0.321 e. The number of aromatic nitrogens is 2. The van der Waals surface area contributed by atoms with Crippen LogP contribution < -0.4 is 5.32 Å². The van der Waals surface area contributed by atoms with Crippen molar-refractivity contribution in [3.05, 3.63) is 77.9 Å². The Hall–Kier alpha value is -3.34. The van der Waals surface area contributed by atoms with E-state index in [0.717, 1.165) is 16.6 Å². The second-order valence-electron chi connectivity index (χ2n) is 5.78. The van der Waals surface area contributed by atoms with Crippen molar-refractivity contribution in [3.8, 4) is 0 Å². The lowest BCUT2D eigenvalue weighted by molar-refractivity contribution is 0.102. The molecule has 0 unspecified atom stereocenters. The Morgan fingerprint density at radius 1 is 1.04 bits per heavy atom. The highest BCUT2D eigenvalue weighted by molar-refractivity contribution is 6.14. The van der Waals surface area contributed by atoms with Gasteiger partial charge in [0.15, 0.2) is 0 Å². The van der Waals surface area contributed by atoms with Crippen LogP contribution >= 0.6 is 0 Å². The van der Waals surface area contributed by atoms with Crippen LogP contribution in [0.15, 0.2) is 60.8 Å². The van der Waals surface area contributed by atoms with Crippen LogP contribution in [0, 0.1) is 12.7 Å². The Morgan fingerprint density at radius 2 is 1.84 bits per heavy atom. The van der Waals surface area contributed by atoms with Gasteiger partial charge in [-0.15, -0.1) is 0 Å². The smallest absolute Gasteiger partial charge is 0.256 e. The summed E-state index contributed by atoms with van der Waals surface area (Å²) < 4.78 is 13.9. The number of hydrogen-bond donors (Lipinski definition) is 1. The van der Waals surface area contributed by atoms with Crippen LogP contribution in [0.2, 0.25) is 0 Å². The molecule has 0 saturated carbocycles. The topological polar surface area (TPSA) is 54.9 Å². The summed E-state index contributed by atoms with van der Waals surface area (Å²) in [5.41, 5.74) is 2.81. The van der Waals surface area contributed by atoms with Crippen LogP contribution in [0.1, 0.15) is 16.1 Å². The van der Waals surface area contributed by atoms with Gasteiger partial charge in [0.2, 0.25) is 0 Å². The van der Waals surface area contributed by atoms with Gasteiger partial charge in [0.25, 0.3) is 5.91 Å². The van der Waals surface area contributed by atoms with E-state index in [0.29, 0.717) is 16.6 Å². The lowest BCUT2D eigenvalue weighted by atomic mass is 10.1. The number of hydrogen-bond acceptors (Lipinski definition) is 3. The fourth-order valence-corrected chi connectivity index (χ4v) is 2.93. The third kappa shape index (κ3) is 2.70. The highest BCUT2D eigenvalue weighted by atomic mass is 19.1. The van der Waals surface area contributed by atoms with Crippen molar-refractivity contribution in [2.75, 3.05) is 5.32 Å². The van der Waals surface area contributed by atoms with Gasteiger partial charge in [0.05, 0.1) is 16.8 Å². The number of carbonyl (C=O) groups excluding carboxylic acids is 1. The molecule has 0 atom stereocenters. The average Bonchev–Trinajstić information content (AvgIpc) is 2.62. The molecule has 0 spiro atoms. The number of pyridine rings is 2. The fraction of sp³-hybridized carbons (Fsp3) is 0.0500. The van der Waals surface area contributed by atoms with E-state index in [4.69, 9.17) is 0 Å². The standard InChI is InChI=1S/C20H14FN3O/c1-12-11-15(13-5-2-3-8-17(13)23-12)20(25)24-18-9-10-22-19-14(18)6-4-7-16(19)21/h2-11H,1H3,(H,22,24,25). The van der Waals surface area contributed by atoms with Crippen molar-refractivity contribution < 1.29 is 9.18 Å². The molecule has 4 rings (SSSR count). The van der Waals surface area contributed by atoms with Gasteiger partial charge in [-0.2, -0.15) is 0 Å². The van der Waals surface area contributed by atoms with Crippen LogP contribution in [0.5, 0.6) is 0 Å². The molecule has 4 aromatic rings. The highest BCUT2D eigenvalue weighted by Crippen LogP contribution is 2.25. The lowest BCUT2D eigenvalue weighted by Crippen LogP contribution is -2.13. The summed E-state index contributed by atoms with van der Waals surface area (Å²) >= 11 is 0. The zero-order chi connectivity index (χ0) is 17.4. The summed E-state index contributed by atoms with van der Waals surface area (Å²) in [6.45, 7) is 1.85. The highest BCUT2D eigenvalue weighted by Gasteiger charge is 2.14. The summed E-state index contributed by atoms with van der Waals surface area (Å²) in [5.74, 6) is -0.683. The van der Waals surface area contributed by atoms with E-state index in [-0.39, 0.29) is 11.4 Å². The summed E-state index contributed by atoms with van der Waals surface area (Å²) in [7, 11) is 0. The molecular weight excluding hydrogens is 317 g/mol. The maximum absolute atomic E-state index is 13.9. The Morgan fingerprint density at radius 3 is 2.72 bits per heavy atom. The first kappa shape index (κ1) is 15.2. The molecular formula is C20H14FN3O. The maximum atomic E-state index is 13.9. The molecule has 25 heavy (non-hydrogen) atoms. The number of para-hydroxylation sites is 2. The number of rotatable bonds is 2. The molecule has 122 valence electrons. The molecule has 5 heteroatoms. The van der Waals surface area contributed by atoms with E-state index in [1.165, 1.54) is 12.3 Å². The number of nitrogens with one attached hydrogen (secondary N) is 1. The molecule has 0 aliphatic carbocycles. The third-order valence-corrected chi connectivity index (χ3v) is 4.06. The van der Waals surface area contributed by atoms with Crippen LogP contribution in [-0.2, 0) is 0 Å². The van der Waals surface area contributed by atoms with Gasteiger partial charge in [0.1, 0.15) is 11.3 Å². The lowest BCUT2D eigenvalue weighted by Gasteiger charge is -2.11. The summed E-state index contributed by atoms with van der Waals surface area (Å²) in [6.07, 6.45) is 1.48. The van der Waals surface area contributed by atoms with Crippen LogP contribution in [0.3, 0.4) is 0 Å². The van der Waals surface area contributed by atoms with Crippen molar-refractivity contribution in [2.24, 2.45) is 0 Å². The molecule has 2 aromatic carbocycles. The second kappa shape index (κ2) is 5.94. The van der Waals surface area contributed by atoms with Gasteiger partial charge in [-0.25, -0.2) is 4.39 Å². The minimum atomic E-state index is -0.418. The summed E-state index contributed by atoms with van der Waals surface area (Å²) in [5, 5.41) is 4.21. The van der Waals surface area contributed by atoms with Crippen LogP contribution in [0.25, 0.3) is 21.8 Å². The molecule has 2 heterocycles. The molecule has 1 amide bonds. The van der Waals surface area contributed by atoms with Gasteiger partial charge in [0, 0.05) is 22.7 Å². The predicted molar refractivity (Wildman–Crippen MR) is 96.1 cm³/mol. The minimum Gasteiger partial charge on any atom is -0.321 e. The quantitative estimate of drug-likeness (QED) is 0.589. The first-order valence-corrected chi connectivity index (χ1v) is 7.84. The average molecular weight is 331 g/mol. The molecule has 0 bridgehead atoms. The Labute approximate surface area is 143 Å². The maximum Gasteiger partial charge on any atom is 0.256 e. The zero-order valence-corrected chi connectivity index (χ0v) is 13.5. The molecule has 0 fully saturated rings. The molecule has 0 saturated heterocycles. The van der Waals surface area contributed by atoms with E-state index < -0.39 is 5.82 Å². The van der Waals surface area contributed by atoms with E-state index in [1.54, 1.807) is 24.3 Å². The first-order chi connectivity index (χ1) is 12.1. The number of fused-ring (bicyclic) bond motifs is 2. The molecule has 4 nitrogen and oxygen atoms in total. The Balaban J connectivity index is 1.81. The summed E-state index contributed by atoms with van der Waals surface area (Å²) in [6, 6.07) is 15.6. The van der Waals surface area contributed by atoms with Gasteiger partial charge >= 0.3 is 0 Å². The van der Waals surface area contributed by atoms with Crippen molar-refractivity contribution in [3.63, 3.8) is 0 Å². The Kier molecular flexibility index (Phi) is 3.61. The first-order valence-electron chi connectivity index (χ1n) is 7.84. The predicted octanol–water partition coefficient (Wildman–Crippen LogP) is 4.48. The number of halogens is 1. The molecule has 0 aliphatic rings. The molecule has 0 aliphatic heterocycles. The second-order valence-corrected chi connectivity index (χ2v) is 5.78. The van der Waals surface area contributed by atoms with E-state index in [2.05, 4.69) is 15.3 Å². The van der Waals surface area contributed by atoms with Crippen molar-refractivity contribution in [2.45, 2.75) is 6.92 Å². The number of benzene rings is 2. The van der Waals surface area contributed by atoms with Crippen molar-refractivity contribution >= 4 is 33.4 Å². The van der Waals surface area contributed by atoms with Gasteiger partial charge < -0.3 is 5.32 Å². The van der Waals surface area contributed by atoms with Crippen molar-refractivity contribution in [1.29, 1.82) is 0 Å². The van der Waals surface area contributed by atoms with Crippen LogP contribution in [-0.4, -0.2) is 15.9 Å².